The minimum atomic E-state index is -0.848. The molecule has 1 aromatic rings. The molecule has 1 amide bonds. The number of benzene rings is 1. The monoisotopic (exact) mass is 339 g/mol. The number of amides is 1. The maximum absolute atomic E-state index is 13.4. The molecule has 0 spiro atoms. The van der Waals surface area contributed by atoms with Gasteiger partial charge in [0.2, 0.25) is 0 Å². The lowest BCUT2D eigenvalue weighted by molar-refractivity contribution is 0.0915. The van der Waals surface area contributed by atoms with Crippen LogP contribution in [0.5, 0.6) is 0 Å². The third kappa shape index (κ3) is 3.40. The summed E-state index contributed by atoms with van der Waals surface area (Å²) in [5.74, 6) is -2.05. The molecule has 0 bridgehead atoms. The molecule has 0 unspecified atom stereocenters. The van der Waals surface area contributed by atoms with Crippen LogP contribution in [-0.2, 0) is 0 Å². The first-order chi connectivity index (χ1) is 7.20. The van der Waals surface area contributed by atoms with E-state index >= 15 is 0 Å². The Morgan fingerprint density at radius 1 is 1.25 bits per heavy atom. The summed E-state index contributed by atoms with van der Waals surface area (Å²) in [5, 5.41) is 2.62. The van der Waals surface area contributed by atoms with E-state index in [9.17, 15) is 13.6 Å². The highest BCUT2D eigenvalue weighted by molar-refractivity contribution is 14.1. The zero-order valence-corrected chi connectivity index (χ0v) is 11.4. The fourth-order valence-electron chi connectivity index (χ4n) is 1.10. The van der Waals surface area contributed by atoms with E-state index in [1.54, 1.807) is 43.4 Å². The second-order valence-corrected chi connectivity index (χ2v) is 5.61. The summed E-state index contributed by atoms with van der Waals surface area (Å²) in [7, 11) is 0. The zero-order valence-electron chi connectivity index (χ0n) is 9.20. The van der Waals surface area contributed by atoms with Gasteiger partial charge in [0.1, 0.15) is 11.6 Å². The van der Waals surface area contributed by atoms with E-state index in [2.05, 4.69) is 5.32 Å². The molecule has 1 N–H and O–H groups in total. The van der Waals surface area contributed by atoms with Crippen molar-refractivity contribution in [2.75, 3.05) is 0 Å². The van der Waals surface area contributed by atoms with Crippen LogP contribution in [0.3, 0.4) is 0 Å². The molecule has 0 heterocycles. The fraction of sp³-hybridized carbons (Fsp3) is 0.364. The van der Waals surface area contributed by atoms with Crippen molar-refractivity contribution in [3.05, 3.63) is 32.9 Å². The third-order valence-electron chi connectivity index (χ3n) is 1.74. The maximum atomic E-state index is 13.4. The molecule has 0 saturated carbocycles. The molecule has 0 saturated heterocycles. The van der Waals surface area contributed by atoms with Gasteiger partial charge in [-0.05, 0) is 49.4 Å². The van der Waals surface area contributed by atoms with Crippen LogP contribution in [0.25, 0.3) is 0 Å². The van der Waals surface area contributed by atoms with Crippen molar-refractivity contribution in [2.45, 2.75) is 26.3 Å². The van der Waals surface area contributed by atoms with Crippen LogP contribution in [-0.4, -0.2) is 11.4 Å². The SMILES string of the molecule is CC(C)(C)NC(=O)c1cc(I)c(F)cc1F. The van der Waals surface area contributed by atoms with Crippen molar-refractivity contribution in [1.82, 2.24) is 5.32 Å². The molecule has 0 atom stereocenters. The summed E-state index contributed by atoms with van der Waals surface area (Å²) in [4.78, 5) is 11.7. The lowest BCUT2D eigenvalue weighted by atomic mass is 10.1. The smallest absolute Gasteiger partial charge is 0.254 e. The second-order valence-electron chi connectivity index (χ2n) is 4.45. The Balaban J connectivity index is 3.05. The van der Waals surface area contributed by atoms with Gasteiger partial charge in [-0.1, -0.05) is 0 Å². The molecule has 16 heavy (non-hydrogen) atoms. The van der Waals surface area contributed by atoms with Crippen molar-refractivity contribution in [2.24, 2.45) is 0 Å². The minimum Gasteiger partial charge on any atom is -0.347 e. The Bertz CT molecular complexity index is 427. The summed E-state index contributed by atoms with van der Waals surface area (Å²) in [6.07, 6.45) is 0. The first-order valence-electron chi connectivity index (χ1n) is 4.68. The summed E-state index contributed by atoms with van der Waals surface area (Å²) in [6.45, 7) is 5.37. The van der Waals surface area contributed by atoms with Crippen LogP contribution in [0.15, 0.2) is 12.1 Å². The Hall–Kier alpha value is -0.720. The van der Waals surface area contributed by atoms with Crippen LogP contribution < -0.4 is 5.32 Å². The van der Waals surface area contributed by atoms with E-state index in [1.165, 1.54) is 6.07 Å². The van der Waals surface area contributed by atoms with Crippen LogP contribution in [0, 0.1) is 15.2 Å². The van der Waals surface area contributed by atoms with Crippen LogP contribution >= 0.6 is 22.6 Å². The molecular weight excluding hydrogens is 327 g/mol. The number of halogens is 3. The van der Waals surface area contributed by atoms with Gasteiger partial charge in [-0.15, -0.1) is 0 Å². The molecule has 1 rings (SSSR count). The second kappa shape index (κ2) is 4.65. The minimum absolute atomic E-state index is 0.138. The largest absolute Gasteiger partial charge is 0.347 e. The highest BCUT2D eigenvalue weighted by Crippen LogP contribution is 2.17. The lowest BCUT2D eigenvalue weighted by Gasteiger charge is -2.20. The first kappa shape index (κ1) is 13.3. The highest BCUT2D eigenvalue weighted by atomic mass is 127. The van der Waals surface area contributed by atoms with E-state index in [4.69, 9.17) is 0 Å². The number of carbonyl (C=O) groups is 1. The summed E-state index contributed by atoms with van der Waals surface area (Å²) in [5.41, 5.74) is -0.593. The number of nitrogens with one attached hydrogen (secondary N) is 1. The van der Waals surface area contributed by atoms with Gasteiger partial charge in [0, 0.05) is 15.2 Å². The van der Waals surface area contributed by atoms with Gasteiger partial charge >= 0.3 is 0 Å². The van der Waals surface area contributed by atoms with Crippen molar-refractivity contribution in [3.8, 4) is 0 Å². The van der Waals surface area contributed by atoms with Crippen LogP contribution in [0.1, 0.15) is 31.1 Å². The van der Waals surface area contributed by atoms with E-state index in [0.29, 0.717) is 0 Å². The number of hydrogen-bond donors (Lipinski definition) is 1. The van der Waals surface area contributed by atoms with E-state index in [0.717, 1.165) is 6.07 Å². The molecule has 88 valence electrons. The Kier molecular flexibility index (Phi) is 3.88. The van der Waals surface area contributed by atoms with Gasteiger partial charge in [-0.25, -0.2) is 8.78 Å². The normalized spacial score (nSPS) is 11.4. The highest BCUT2D eigenvalue weighted by Gasteiger charge is 2.19. The quantitative estimate of drug-likeness (QED) is 0.618. The molecule has 2 nitrogen and oxygen atoms in total. The van der Waals surface area contributed by atoms with Gasteiger partial charge in [0.25, 0.3) is 5.91 Å². The van der Waals surface area contributed by atoms with Gasteiger partial charge < -0.3 is 5.32 Å². The average Bonchev–Trinajstić information content (AvgIpc) is 2.08. The number of hydrogen-bond acceptors (Lipinski definition) is 1. The molecule has 5 heteroatoms. The average molecular weight is 339 g/mol. The first-order valence-corrected chi connectivity index (χ1v) is 5.75. The Morgan fingerprint density at radius 2 is 1.81 bits per heavy atom. The van der Waals surface area contributed by atoms with Crippen molar-refractivity contribution < 1.29 is 13.6 Å². The Morgan fingerprint density at radius 3 is 2.31 bits per heavy atom. The predicted octanol–water partition coefficient (Wildman–Crippen LogP) is 3.10. The predicted molar refractivity (Wildman–Crippen MR) is 66.3 cm³/mol. The summed E-state index contributed by atoms with van der Waals surface area (Å²) in [6, 6.07) is 1.92. The van der Waals surface area contributed by atoms with Crippen LogP contribution in [0.4, 0.5) is 8.78 Å². The fourth-order valence-corrected chi connectivity index (χ4v) is 1.57. The molecular formula is C11H12F2INO. The topological polar surface area (TPSA) is 29.1 Å². The number of rotatable bonds is 1. The standard InChI is InChI=1S/C11H12F2INO/c1-11(2,3)15-10(16)6-4-9(14)8(13)5-7(6)12/h4-5H,1-3H3,(H,15,16). The molecule has 0 aliphatic heterocycles. The van der Waals surface area contributed by atoms with Crippen LogP contribution in [0.2, 0.25) is 0 Å². The van der Waals surface area contributed by atoms with E-state index in [1.807, 2.05) is 0 Å². The Labute approximate surface area is 107 Å². The van der Waals surface area contributed by atoms with Gasteiger partial charge in [-0.3, -0.25) is 4.79 Å². The molecule has 0 radical (unpaired) electrons. The lowest BCUT2D eigenvalue weighted by Crippen LogP contribution is -2.41. The molecule has 0 fully saturated rings. The van der Waals surface area contributed by atoms with Crippen molar-refractivity contribution in [3.63, 3.8) is 0 Å². The third-order valence-corrected chi connectivity index (χ3v) is 2.57. The van der Waals surface area contributed by atoms with Gasteiger partial charge in [0.05, 0.1) is 5.56 Å². The summed E-state index contributed by atoms with van der Waals surface area (Å²) < 4.78 is 26.6. The van der Waals surface area contributed by atoms with Gasteiger partial charge in [0.15, 0.2) is 0 Å². The molecule has 1 aromatic carbocycles. The zero-order chi connectivity index (χ0) is 12.5. The molecule has 0 aromatic heterocycles. The van der Waals surface area contributed by atoms with E-state index in [-0.39, 0.29) is 9.13 Å². The summed E-state index contributed by atoms with van der Waals surface area (Å²) >= 11 is 1.72. The van der Waals surface area contributed by atoms with Crippen molar-refractivity contribution in [1.29, 1.82) is 0 Å². The molecule has 0 aliphatic rings. The maximum Gasteiger partial charge on any atom is 0.254 e. The molecule has 0 aliphatic carbocycles. The van der Waals surface area contributed by atoms with E-state index < -0.39 is 23.1 Å². The van der Waals surface area contributed by atoms with Crippen molar-refractivity contribution >= 4 is 28.5 Å². The number of carbonyl (C=O) groups excluding carboxylic acids is 1. The van der Waals surface area contributed by atoms with Gasteiger partial charge in [-0.2, -0.15) is 0 Å².